The molecule has 2 aromatic rings. The SMILES string of the molecule is CCc1ccc(Nc2nc(N(N)[C@H](C)CC=O)cnc2C(N)=O)cn1. The maximum Gasteiger partial charge on any atom is 0.271 e. The number of aldehydes is 1. The molecule has 9 nitrogen and oxygen atoms in total. The van der Waals surface area contributed by atoms with Crippen molar-refractivity contribution in [2.45, 2.75) is 32.7 Å². The Bertz CT molecular complexity index is 749. The highest BCUT2D eigenvalue weighted by Gasteiger charge is 2.18. The van der Waals surface area contributed by atoms with Crippen LogP contribution in [0.2, 0.25) is 0 Å². The smallest absolute Gasteiger partial charge is 0.271 e. The van der Waals surface area contributed by atoms with E-state index in [2.05, 4.69) is 20.3 Å². The molecule has 0 aliphatic carbocycles. The molecule has 0 spiro atoms. The Kier molecular flexibility index (Phi) is 5.96. The van der Waals surface area contributed by atoms with Crippen molar-refractivity contribution in [2.24, 2.45) is 11.6 Å². The molecule has 1 atom stereocenters. The highest BCUT2D eigenvalue weighted by atomic mass is 16.1. The summed E-state index contributed by atoms with van der Waals surface area (Å²) >= 11 is 0. The van der Waals surface area contributed by atoms with Crippen molar-refractivity contribution in [1.82, 2.24) is 15.0 Å². The van der Waals surface area contributed by atoms with Crippen LogP contribution in [0, 0.1) is 0 Å². The molecule has 0 aliphatic rings. The number of aryl methyl sites for hydroxylation is 1. The molecule has 1 amide bonds. The highest BCUT2D eigenvalue weighted by molar-refractivity contribution is 5.96. The maximum atomic E-state index is 11.6. The molecule has 2 rings (SSSR count). The van der Waals surface area contributed by atoms with Gasteiger partial charge in [-0.05, 0) is 25.5 Å². The molecule has 0 fully saturated rings. The number of nitrogens with zero attached hydrogens (tertiary/aromatic N) is 4. The molecule has 9 heteroatoms. The summed E-state index contributed by atoms with van der Waals surface area (Å²) in [6.45, 7) is 3.78. The zero-order valence-electron chi connectivity index (χ0n) is 14.1. The maximum absolute atomic E-state index is 11.6. The Balaban J connectivity index is 2.33. The summed E-state index contributed by atoms with van der Waals surface area (Å²) in [7, 11) is 0. The van der Waals surface area contributed by atoms with E-state index in [0.29, 0.717) is 11.5 Å². The van der Waals surface area contributed by atoms with Crippen molar-refractivity contribution in [2.75, 3.05) is 10.3 Å². The van der Waals surface area contributed by atoms with E-state index in [-0.39, 0.29) is 24.0 Å². The number of hydrogen-bond donors (Lipinski definition) is 3. The van der Waals surface area contributed by atoms with Crippen molar-refractivity contribution >= 4 is 29.5 Å². The molecule has 2 heterocycles. The second-order valence-corrected chi connectivity index (χ2v) is 5.47. The van der Waals surface area contributed by atoms with E-state index in [4.69, 9.17) is 11.6 Å². The molecule has 0 aromatic carbocycles. The lowest BCUT2D eigenvalue weighted by molar-refractivity contribution is -0.108. The standard InChI is InChI=1S/C16H21N7O2/c1-3-11-4-5-12(8-19-11)21-16-14(15(17)25)20-9-13(22-16)23(18)10(2)6-7-24/h4-5,7-10H,3,6,18H2,1-2H3,(H2,17,25)(H,21,22)/t10-/m1/s1. The molecule has 0 saturated heterocycles. The zero-order valence-corrected chi connectivity index (χ0v) is 14.1. The monoisotopic (exact) mass is 343 g/mol. The number of amides is 1. The van der Waals surface area contributed by atoms with Crippen LogP contribution >= 0.6 is 0 Å². The van der Waals surface area contributed by atoms with Gasteiger partial charge in [0.25, 0.3) is 5.91 Å². The Labute approximate surface area is 145 Å². The number of hydrogen-bond acceptors (Lipinski definition) is 8. The van der Waals surface area contributed by atoms with Gasteiger partial charge in [-0.3, -0.25) is 14.8 Å². The molecule has 0 bridgehead atoms. The van der Waals surface area contributed by atoms with Crippen molar-refractivity contribution < 1.29 is 9.59 Å². The average molecular weight is 343 g/mol. The second-order valence-electron chi connectivity index (χ2n) is 5.47. The number of carbonyl (C=O) groups is 2. The van der Waals surface area contributed by atoms with Gasteiger partial charge in [-0.25, -0.2) is 15.8 Å². The third-order valence-corrected chi connectivity index (χ3v) is 3.62. The quantitative estimate of drug-likeness (QED) is 0.365. The fourth-order valence-electron chi connectivity index (χ4n) is 2.09. The molecule has 0 saturated carbocycles. The van der Waals surface area contributed by atoms with Crippen molar-refractivity contribution in [3.05, 3.63) is 35.9 Å². The highest BCUT2D eigenvalue weighted by Crippen LogP contribution is 2.21. The lowest BCUT2D eigenvalue weighted by atomic mass is 10.2. The number of pyridine rings is 1. The molecule has 0 radical (unpaired) electrons. The molecule has 2 aromatic heterocycles. The minimum atomic E-state index is -0.718. The predicted molar refractivity (Wildman–Crippen MR) is 94.3 cm³/mol. The van der Waals surface area contributed by atoms with E-state index >= 15 is 0 Å². The van der Waals surface area contributed by atoms with Crippen LogP contribution in [0.1, 0.15) is 36.5 Å². The van der Waals surface area contributed by atoms with Gasteiger partial charge < -0.3 is 15.8 Å². The van der Waals surface area contributed by atoms with Gasteiger partial charge in [-0.1, -0.05) is 6.92 Å². The number of hydrazine groups is 1. The first-order valence-electron chi connectivity index (χ1n) is 7.82. The van der Waals surface area contributed by atoms with E-state index in [0.717, 1.165) is 18.4 Å². The summed E-state index contributed by atoms with van der Waals surface area (Å²) in [5.74, 6) is 5.72. The van der Waals surface area contributed by atoms with Gasteiger partial charge in [0, 0.05) is 12.1 Å². The lowest BCUT2D eigenvalue weighted by Gasteiger charge is -2.24. The number of carbonyl (C=O) groups excluding carboxylic acids is 2. The molecular formula is C16H21N7O2. The molecule has 132 valence electrons. The molecular weight excluding hydrogens is 322 g/mol. The Morgan fingerprint density at radius 1 is 1.36 bits per heavy atom. The average Bonchev–Trinajstić information content (AvgIpc) is 2.61. The molecule has 0 unspecified atom stereocenters. The second kappa shape index (κ2) is 8.15. The summed E-state index contributed by atoms with van der Waals surface area (Å²) < 4.78 is 0. The zero-order chi connectivity index (χ0) is 18.4. The first kappa shape index (κ1) is 18.3. The molecule has 5 N–H and O–H groups in total. The largest absolute Gasteiger partial charge is 0.364 e. The van der Waals surface area contributed by atoms with Gasteiger partial charge in [-0.15, -0.1) is 0 Å². The number of nitrogens with two attached hydrogens (primary N) is 2. The van der Waals surface area contributed by atoms with Crippen molar-refractivity contribution in [3.63, 3.8) is 0 Å². The summed E-state index contributed by atoms with van der Waals surface area (Å²) in [6, 6.07) is 3.41. The molecule has 25 heavy (non-hydrogen) atoms. The third kappa shape index (κ3) is 4.48. The Hall–Kier alpha value is -3.07. The minimum Gasteiger partial charge on any atom is -0.364 e. The van der Waals surface area contributed by atoms with Crippen LogP contribution in [0.3, 0.4) is 0 Å². The van der Waals surface area contributed by atoms with Gasteiger partial charge in [0.15, 0.2) is 17.3 Å². The van der Waals surface area contributed by atoms with Crippen LogP contribution < -0.4 is 21.9 Å². The topological polar surface area (TPSA) is 140 Å². The van der Waals surface area contributed by atoms with Crippen molar-refractivity contribution in [3.8, 4) is 0 Å². The van der Waals surface area contributed by atoms with E-state index in [1.54, 1.807) is 13.1 Å². The molecule has 0 aliphatic heterocycles. The number of rotatable bonds is 8. The minimum absolute atomic E-state index is 0.0141. The van der Waals surface area contributed by atoms with E-state index in [1.165, 1.54) is 11.2 Å². The van der Waals surface area contributed by atoms with Crippen LogP contribution in [0.15, 0.2) is 24.5 Å². The summed E-state index contributed by atoms with van der Waals surface area (Å²) in [5, 5.41) is 4.30. The first-order chi connectivity index (χ1) is 12.0. The summed E-state index contributed by atoms with van der Waals surface area (Å²) in [6.07, 6.45) is 4.80. The van der Waals surface area contributed by atoms with Crippen molar-refractivity contribution in [1.29, 1.82) is 0 Å². The van der Waals surface area contributed by atoms with Gasteiger partial charge in [0.1, 0.15) is 6.29 Å². The van der Waals surface area contributed by atoms with Crippen LogP contribution in [0.4, 0.5) is 17.3 Å². The van der Waals surface area contributed by atoms with Gasteiger partial charge >= 0.3 is 0 Å². The van der Waals surface area contributed by atoms with E-state index < -0.39 is 5.91 Å². The summed E-state index contributed by atoms with van der Waals surface area (Å²) in [5.41, 5.74) is 6.92. The lowest BCUT2D eigenvalue weighted by Crippen LogP contribution is -2.40. The predicted octanol–water partition coefficient (Wildman–Crippen LogP) is 0.934. The summed E-state index contributed by atoms with van der Waals surface area (Å²) in [4.78, 5) is 34.9. The first-order valence-corrected chi connectivity index (χ1v) is 7.82. The number of anilines is 3. The van der Waals surface area contributed by atoms with Gasteiger partial charge in [0.2, 0.25) is 0 Å². The van der Waals surface area contributed by atoms with Gasteiger partial charge in [0.05, 0.1) is 24.1 Å². The fourth-order valence-corrected chi connectivity index (χ4v) is 2.09. The van der Waals surface area contributed by atoms with Crippen LogP contribution in [-0.2, 0) is 11.2 Å². The Morgan fingerprint density at radius 3 is 2.68 bits per heavy atom. The fraction of sp³-hybridized carbons (Fsp3) is 0.312. The van der Waals surface area contributed by atoms with Gasteiger partial charge in [-0.2, -0.15) is 0 Å². The number of primary amides is 1. The van der Waals surface area contributed by atoms with Crippen LogP contribution in [0.25, 0.3) is 0 Å². The normalized spacial score (nSPS) is 11.6. The number of aromatic nitrogens is 3. The van der Waals surface area contributed by atoms with E-state index in [9.17, 15) is 9.59 Å². The third-order valence-electron chi connectivity index (χ3n) is 3.62. The van der Waals surface area contributed by atoms with Crippen LogP contribution in [0.5, 0.6) is 0 Å². The Morgan fingerprint density at radius 2 is 2.12 bits per heavy atom. The number of nitrogens with one attached hydrogen (secondary N) is 1. The van der Waals surface area contributed by atoms with E-state index in [1.807, 2.05) is 19.1 Å². The van der Waals surface area contributed by atoms with Crippen LogP contribution in [-0.4, -0.2) is 33.2 Å².